The normalized spacial score (nSPS) is 10.3. The lowest BCUT2D eigenvalue weighted by atomic mass is 10.1. The Hall–Kier alpha value is -2.20. The van der Waals surface area contributed by atoms with Gasteiger partial charge in [-0.05, 0) is 42.2 Å². The minimum atomic E-state index is 0.0221. The maximum Gasteiger partial charge on any atom is 0.220 e. The summed E-state index contributed by atoms with van der Waals surface area (Å²) in [4.78, 5) is 12.0. The molecule has 1 N–H and O–H groups in total. The summed E-state index contributed by atoms with van der Waals surface area (Å²) in [5.74, 6) is 1.39. The lowest BCUT2D eigenvalue weighted by Gasteiger charge is -2.12. The number of methoxy groups -OCH3 is 2. The molecule has 0 aliphatic heterocycles. The summed E-state index contributed by atoms with van der Waals surface area (Å²) >= 11 is 5.85. The monoisotopic (exact) mass is 347 g/mol. The van der Waals surface area contributed by atoms with Gasteiger partial charge in [0, 0.05) is 18.0 Å². The van der Waals surface area contributed by atoms with Crippen LogP contribution in [0.15, 0.2) is 42.5 Å². The van der Waals surface area contributed by atoms with Crippen molar-refractivity contribution in [1.82, 2.24) is 5.32 Å². The first-order valence-electron chi connectivity index (χ1n) is 7.85. The molecule has 0 radical (unpaired) electrons. The summed E-state index contributed by atoms with van der Waals surface area (Å²) in [6.45, 7) is 0.607. The van der Waals surface area contributed by atoms with E-state index < -0.39 is 0 Å². The maximum absolute atomic E-state index is 12.0. The molecule has 24 heavy (non-hydrogen) atoms. The molecule has 0 aliphatic carbocycles. The highest BCUT2D eigenvalue weighted by Gasteiger charge is 2.11. The van der Waals surface area contributed by atoms with Crippen molar-refractivity contribution in [3.05, 3.63) is 58.6 Å². The number of benzene rings is 2. The second kappa shape index (κ2) is 9.18. The van der Waals surface area contributed by atoms with Gasteiger partial charge in [-0.25, -0.2) is 0 Å². The maximum atomic E-state index is 12.0. The van der Waals surface area contributed by atoms with E-state index >= 15 is 0 Å². The number of aryl methyl sites for hydroxylation is 1. The number of nitrogens with one attached hydrogen (secondary N) is 1. The number of amides is 1. The first kappa shape index (κ1) is 18.1. The number of para-hydroxylation sites is 1. The van der Waals surface area contributed by atoms with E-state index in [2.05, 4.69) is 5.32 Å². The topological polar surface area (TPSA) is 47.6 Å². The van der Waals surface area contributed by atoms with Gasteiger partial charge in [0.05, 0.1) is 14.2 Å². The third-order valence-electron chi connectivity index (χ3n) is 3.75. The van der Waals surface area contributed by atoms with Gasteiger partial charge in [0.25, 0.3) is 0 Å². The Morgan fingerprint density at radius 2 is 1.79 bits per heavy atom. The van der Waals surface area contributed by atoms with Gasteiger partial charge < -0.3 is 14.8 Å². The molecule has 0 unspecified atom stereocenters. The van der Waals surface area contributed by atoms with Crippen LogP contribution in [0.3, 0.4) is 0 Å². The molecule has 2 aromatic rings. The highest BCUT2D eigenvalue weighted by atomic mass is 35.5. The molecule has 128 valence electrons. The Morgan fingerprint density at radius 3 is 2.46 bits per heavy atom. The number of hydrogen-bond donors (Lipinski definition) is 1. The van der Waals surface area contributed by atoms with Crippen molar-refractivity contribution in [2.75, 3.05) is 20.8 Å². The van der Waals surface area contributed by atoms with E-state index in [1.165, 1.54) is 0 Å². The number of carbonyl (C=O) groups excluding carboxylic acids is 1. The Balaban J connectivity index is 1.80. The number of carbonyl (C=O) groups is 1. The van der Waals surface area contributed by atoms with Crippen LogP contribution in [0.4, 0.5) is 0 Å². The number of halogens is 1. The average molecular weight is 348 g/mol. The molecule has 4 nitrogen and oxygen atoms in total. The van der Waals surface area contributed by atoms with Gasteiger partial charge in [0.15, 0.2) is 11.5 Å². The standard InChI is InChI=1S/C19H22ClNO3/c1-23-17-5-3-4-15(19(17)24-2)8-11-18(22)21-13-12-14-6-9-16(20)10-7-14/h3-7,9-10H,8,11-13H2,1-2H3,(H,21,22). The summed E-state index contributed by atoms with van der Waals surface area (Å²) in [6.07, 6.45) is 1.79. The SMILES string of the molecule is COc1cccc(CCC(=O)NCCc2ccc(Cl)cc2)c1OC. The van der Waals surface area contributed by atoms with Crippen LogP contribution in [0.2, 0.25) is 5.02 Å². The van der Waals surface area contributed by atoms with Crippen molar-refractivity contribution < 1.29 is 14.3 Å². The van der Waals surface area contributed by atoms with E-state index in [0.29, 0.717) is 30.9 Å². The molecule has 0 atom stereocenters. The zero-order valence-electron chi connectivity index (χ0n) is 14.0. The summed E-state index contributed by atoms with van der Waals surface area (Å²) in [6, 6.07) is 13.3. The molecule has 0 spiro atoms. The molecular formula is C19H22ClNO3. The van der Waals surface area contributed by atoms with Crippen molar-refractivity contribution >= 4 is 17.5 Å². The molecule has 5 heteroatoms. The summed E-state index contributed by atoms with van der Waals surface area (Å²) in [5.41, 5.74) is 2.11. The molecule has 0 aliphatic rings. The fraction of sp³-hybridized carbons (Fsp3) is 0.316. The van der Waals surface area contributed by atoms with Gasteiger partial charge in [-0.3, -0.25) is 4.79 Å². The molecule has 0 saturated heterocycles. The Morgan fingerprint density at radius 1 is 1.04 bits per heavy atom. The predicted octanol–water partition coefficient (Wildman–Crippen LogP) is 3.65. The second-order valence-corrected chi connectivity index (χ2v) is 5.82. The molecule has 2 aromatic carbocycles. The third-order valence-corrected chi connectivity index (χ3v) is 4.01. The van der Waals surface area contributed by atoms with E-state index in [0.717, 1.165) is 22.6 Å². The summed E-state index contributed by atoms with van der Waals surface area (Å²) in [7, 11) is 3.21. The van der Waals surface area contributed by atoms with Crippen molar-refractivity contribution in [3.8, 4) is 11.5 Å². The van der Waals surface area contributed by atoms with Crippen molar-refractivity contribution in [2.24, 2.45) is 0 Å². The zero-order chi connectivity index (χ0) is 17.4. The van der Waals surface area contributed by atoms with Gasteiger partial charge in [0.1, 0.15) is 0 Å². The molecule has 0 aromatic heterocycles. The molecule has 0 bridgehead atoms. The van der Waals surface area contributed by atoms with Crippen LogP contribution in [-0.4, -0.2) is 26.7 Å². The third kappa shape index (κ3) is 5.17. The highest BCUT2D eigenvalue weighted by molar-refractivity contribution is 6.30. The van der Waals surface area contributed by atoms with E-state index in [1.807, 2.05) is 42.5 Å². The molecule has 0 heterocycles. The van der Waals surface area contributed by atoms with Crippen LogP contribution in [0, 0.1) is 0 Å². The van der Waals surface area contributed by atoms with Crippen LogP contribution in [0.1, 0.15) is 17.5 Å². The quantitative estimate of drug-likeness (QED) is 0.793. The predicted molar refractivity (Wildman–Crippen MR) is 96.0 cm³/mol. The van der Waals surface area contributed by atoms with Crippen LogP contribution in [0.5, 0.6) is 11.5 Å². The first-order valence-corrected chi connectivity index (χ1v) is 8.23. The van der Waals surface area contributed by atoms with E-state index in [1.54, 1.807) is 14.2 Å². The van der Waals surface area contributed by atoms with Gasteiger partial charge in [0.2, 0.25) is 5.91 Å². The first-order chi connectivity index (χ1) is 11.6. The van der Waals surface area contributed by atoms with E-state index in [-0.39, 0.29) is 5.91 Å². The van der Waals surface area contributed by atoms with Crippen molar-refractivity contribution in [2.45, 2.75) is 19.3 Å². The summed E-state index contributed by atoms with van der Waals surface area (Å²) < 4.78 is 10.7. The Bertz CT molecular complexity index is 671. The van der Waals surface area contributed by atoms with Gasteiger partial charge in [-0.15, -0.1) is 0 Å². The molecule has 2 rings (SSSR count). The summed E-state index contributed by atoms with van der Waals surface area (Å²) in [5, 5.41) is 3.66. The minimum absolute atomic E-state index is 0.0221. The molecule has 0 saturated carbocycles. The van der Waals surface area contributed by atoms with E-state index in [4.69, 9.17) is 21.1 Å². The molecule has 0 fully saturated rings. The highest BCUT2D eigenvalue weighted by Crippen LogP contribution is 2.31. The fourth-order valence-electron chi connectivity index (χ4n) is 2.48. The van der Waals surface area contributed by atoms with Crippen LogP contribution in [0.25, 0.3) is 0 Å². The smallest absolute Gasteiger partial charge is 0.220 e. The van der Waals surface area contributed by atoms with Crippen LogP contribution >= 0.6 is 11.6 Å². The van der Waals surface area contributed by atoms with Crippen LogP contribution in [-0.2, 0) is 17.6 Å². The van der Waals surface area contributed by atoms with Gasteiger partial charge in [-0.2, -0.15) is 0 Å². The molecular weight excluding hydrogens is 326 g/mol. The average Bonchev–Trinajstić information content (AvgIpc) is 2.61. The van der Waals surface area contributed by atoms with Gasteiger partial charge in [-0.1, -0.05) is 35.9 Å². The van der Waals surface area contributed by atoms with E-state index in [9.17, 15) is 4.79 Å². The van der Waals surface area contributed by atoms with Crippen LogP contribution < -0.4 is 14.8 Å². The molecule has 1 amide bonds. The number of rotatable bonds is 8. The zero-order valence-corrected chi connectivity index (χ0v) is 14.7. The van der Waals surface area contributed by atoms with Gasteiger partial charge >= 0.3 is 0 Å². The lowest BCUT2D eigenvalue weighted by Crippen LogP contribution is -2.25. The lowest BCUT2D eigenvalue weighted by molar-refractivity contribution is -0.121. The number of ether oxygens (including phenoxy) is 2. The second-order valence-electron chi connectivity index (χ2n) is 5.38. The van der Waals surface area contributed by atoms with Crippen molar-refractivity contribution in [1.29, 1.82) is 0 Å². The fourth-order valence-corrected chi connectivity index (χ4v) is 2.61. The Kier molecular flexibility index (Phi) is 6.94. The Labute approximate surface area is 147 Å². The largest absolute Gasteiger partial charge is 0.493 e. The van der Waals surface area contributed by atoms with Crippen molar-refractivity contribution in [3.63, 3.8) is 0 Å². The number of hydrogen-bond acceptors (Lipinski definition) is 3. The minimum Gasteiger partial charge on any atom is -0.493 e.